The molecular weight excluding hydrogens is 274 g/mol. The molecule has 0 atom stereocenters. The third kappa shape index (κ3) is 2.77. The van der Waals surface area contributed by atoms with Gasteiger partial charge in [-0.1, -0.05) is 11.6 Å². The second kappa shape index (κ2) is 5.32. The molecule has 5 nitrogen and oxygen atoms in total. The number of aromatic nitrogens is 2. The van der Waals surface area contributed by atoms with E-state index in [0.29, 0.717) is 17.4 Å². The summed E-state index contributed by atoms with van der Waals surface area (Å²) in [7, 11) is 0. The van der Waals surface area contributed by atoms with E-state index >= 15 is 0 Å². The molecular formula is C11H10ClN3O2S. The summed E-state index contributed by atoms with van der Waals surface area (Å²) in [6.07, 6.45) is 1.59. The lowest BCUT2D eigenvalue weighted by Gasteiger charge is -2.06. The number of rotatable bonds is 3. The Bertz CT molecular complexity index is 635. The molecule has 0 aliphatic rings. The summed E-state index contributed by atoms with van der Waals surface area (Å²) in [6, 6.07) is 2.97. The van der Waals surface area contributed by atoms with Gasteiger partial charge in [-0.25, -0.2) is 4.98 Å². The number of halogens is 1. The molecule has 1 N–H and O–H groups in total. The van der Waals surface area contributed by atoms with E-state index in [0.717, 1.165) is 0 Å². The predicted octanol–water partition coefficient (Wildman–Crippen LogP) is 2.23. The minimum atomic E-state index is -0.340. The maximum Gasteiger partial charge on any atom is 0.284 e. The number of anilines is 1. The lowest BCUT2D eigenvalue weighted by Crippen LogP contribution is -2.19. The van der Waals surface area contributed by atoms with Crippen molar-refractivity contribution >= 4 is 34.5 Å². The Morgan fingerprint density at radius 2 is 2.33 bits per heavy atom. The van der Waals surface area contributed by atoms with Gasteiger partial charge in [0.1, 0.15) is 5.15 Å². The average molecular weight is 284 g/mol. The summed E-state index contributed by atoms with van der Waals surface area (Å²) in [6.45, 7) is 2.40. The molecule has 0 aliphatic carbocycles. The largest absolute Gasteiger partial charge is 0.319 e. The van der Waals surface area contributed by atoms with Crippen LogP contribution in [0.15, 0.2) is 28.5 Å². The zero-order chi connectivity index (χ0) is 13.1. The van der Waals surface area contributed by atoms with Crippen molar-refractivity contribution in [2.24, 2.45) is 0 Å². The molecule has 0 unspecified atom stereocenters. The third-order valence-electron chi connectivity index (χ3n) is 2.25. The van der Waals surface area contributed by atoms with E-state index in [4.69, 9.17) is 11.6 Å². The number of nitrogens with zero attached hydrogens (tertiary/aromatic N) is 2. The summed E-state index contributed by atoms with van der Waals surface area (Å²) in [5.74, 6) is -0.340. The van der Waals surface area contributed by atoms with E-state index in [2.05, 4.69) is 10.3 Å². The molecule has 94 valence electrons. The molecule has 0 spiro atoms. The molecule has 1 amide bonds. The van der Waals surface area contributed by atoms with Gasteiger partial charge in [0.25, 0.3) is 11.5 Å². The summed E-state index contributed by atoms with van der Waals surface area (Å²) >= 11 is 6.82. The zero-order valence-electron chi connectivity index (χ0n) is 9.51. The maximum atomic E-state index is 11.8. The smallest absolute Gasteiger partial charge is 0.284 e. The number of hydrogen-bond donors (Lipinski definition) is 1. The van der Waals surface area contributed by atoms with Gasteiger partial charge in [-0.05, 0) is 13.0 Å². The van der Waals surface area contributed by atoms with Crippen LogP contribution < -0.4 is 10.9 Å². The number of aryl methyl sites for hydroxylation is 1. The Labute approximate surface area is 112 Å². The van der Waals surface area contributed by atoms with Crippen molar-refractivity contribution in [2.75, 3.05) is 5.32 Å². The second-order valence-electron chi connectivity index (χ2n) is 3.47. The van der Waals surface area contributed by atoms with Gasteiger partial charge in [-0.2, -0.15) is 0 Å². The van der Waals surface area contributed by atoms with Crippen LogP contribution >= 0.6 is 22.9 Å². The van der Waals surface area contributed by atoms with Crippen molar-refractivity contribution in [3.8, 4) is 0 Å². The molecule has 2 aromatic rings. The van der Waals surface area contributed by atoms with Crippen LogP contribution in [-0.4, -0.2) is 15.5 Å². The minimum Gasteiger partial charge on any atom is -0.319 e. The zero-order valence-corrected chi connectivity index (χ0v) is 11.1. The normalized spacial score (nSPS) is 10.3. The van der Waals surface area contributed by atoms with Crippen LogP contribution in [0.3, 0.4) is 0 Å². The Kier molecular flexibility index (Phi) is 3.78. The topological polar surface area (TPSA) is 64.0 Å². The van der Waals surface area contributed by atoms with E-state index in [9.17, 15) is 9.59 Å². The van der Waals surface area contributed by atoms with Gasteiger partial charge in [-0.3, -0.25) is 9.59 Å². The molecule has 0 fully saturated rings. The fourth-order valence-electron chi connectivity index (χ4n) is 1.40. The van der Waals surface area contributed by atoms with Crippen LogP contribution in [-0.2, 0) is 6.54 Å². The van der Waals surface area contributed by atoms with Gasteiger partial charge in [0.15, 0.2) is 5.01 Å². The van der Waals surface area contributed by atoms with Crippen molar-refractivity contribution in [3.63, 3.8) is 0 Å². The number of pyridine rings is 1. The first-order chi connectivity index (χ1) is 8.60. The van der Waals surface area contributed by atoms with Gasteiger partial charge in [0, 0.05) is 24.2 Å². The molecule has 2 aromatic heterocycles. The highest BCUT2D eigenvalue weighted by atomic mass is 35.5. The van der Waals surface area contributed by atoms with E-state index in [-0.39, 0.29) is 16.5 Å². The lowest BCUT2D eigenvalue weighted by molar-refractivity contribution is 0.102. The quantitative estimate of drug-likeness (QED) is 0.939. The highest BCUT2D eigenvalue weighted by Gasteiger charge is 2.11. The molecule has 0 saturated carbocycles. The number of thiazole rings is 1. The molecule has 18 heavy (non-hydrogen) atoms. The number of hydrogen-bond acceptors (Lipinski definition) is 4. The standard InChI is InChI=1S/C11H10ClN3O2S/c1-2-15-5-7(3-4-9(15)16)13-10(17)11-14-8(12)6-18-11/h3-6H,2H2,1H3,(H,13,17). The highest BCUT2D eigenvalue weighted by Crippen LogP contribution is 2.15. The molecule has 0 bridgehead atoms. The monoisotopic (exact) mass is 283 g/mol. The van der Waals surface area contributed by atoms with Crippen LogP contribution in [0.5, 0.6) is 0 Å². The lowest BCUT2D eigenvalue weighted by atomic mass is 10.4. The van der Waals surface area contributed by atoms with Crippen LogP contribution in [0.1, 0.15) is 16.7 Å². The Morgan fingerprint density at radius 3 is 2.94 bits per heavy atom. The number of nitrogens with one attached hydrogen (secondary N) is 1. The molecule has 0 radical (unpaired) electrons. The number of carbonyl (C=O) groups is 1. The molecule has 0 aromatic carbocycles. The Hall–Kier alpha value is -1.66. The summed E-state index contributed by atoms with van der Waals surface area (Å²) in [4.78, 5) is 27.1. The van der Waals surface area contributed by atoms with Gasteiger partial charge < -0.3 is 9.88 Å². The predicted molar refractivity (Wildman–Crippen MR) is 71.5 cm³/mol. The van der Waals surface area contributed by atoms with Crippen molar-refractivity contribution in [1.29, 1.82) is 0 Å². The first kappa shape index (κ1) is 12.8. The molecule has 2 heterocycles. The highest BCUT2D eigenvalue weighted by molar-refractivity contribution is 7.12. The van der Waals surface area contributed by atoms with Crippen LogP contribution in [0, 0.1) is 0 Å². The summed E-state index contributed by atoms with van der Waals surface area (Å²) in [5.41, 5.74) is 0.445. The second-order valence-corrected chi connectivity index (χ2v) is 4.72. The SMILES string of the molecule is CCn1cc(NC(=O)c2nc(Cl)cs2)ccc1=O. The van der Waals surface area contributed by atoms with Gasteiger partial charge in [0.05, 0.1) is 5.69 Å². The number of amides is 1. The summed E-state index contributed by atoms with van der Waals surface area (Å²) in [5, 5.41) is 4.83. The van der Waals surface area contributed by atoms with Crippen molar-refractivity contribution in [3.05, 3.63) is 44.2 Å². The van der Waals surface area contributed by atoms with Crippen molar-refractivity contribution in [1.82, 2.24) is 9.55 Å². The molecule has 0 saturated heterocycles. The molecule has 0 aliphatic heterocycles. The van der Waals surface area contributed by atoms with E-state index in [1.807, 2.05) is 6.92 Å². The van der Waals surface area contributed by atoms with Crippen LogP contribution in [0.2, 0.25) is 5.15 Å². The molecule has 7 heteroatoms. The van der Waals surface area contributed by atoms with E-state index < -0.39 is 0 Å². The first-order valence-corrected chi connectivity index (χ1v) is 6.49. The van der Waals surface area contributed by atoms with Crippen molar-refractivity contribution in [2.45, 2.75) is 13.5 Å². The van der Waals surface area contributed by atoms with Gasteiger partial charge in [-0.15, -0.1) is 11.3 Å². The van der Waals surface area contributed by atoms with Gasteiger partial charge >= 0.3 is 0 Å². The fraction of sp³-hybridized carbons (Fsp3) is 0.182. The van der Waals surface area contributed by atoms with Crippen LogP contribution in [0.25, 0.3) is 0 Å². The van der Waals surface area contributed by atoms with Crippen LogP contribution in [0.4, 0.5) is 5.69 Å². The number of carbonyl (C=O) groups excluding carboxylic acids is 1. The van der Waals surface area contributed by atoms with Gasteiger partial charge in [0.2, 0.25) is 0 Å². The average Bonchev–Trinajstić information content (AvgIpc) is 2.78. The minimum absolute atomic E-state index is 0.104. The van der Waals surface area contributed by atoms with Crippen molar-refractivity contribution < 1.29 is 4.79 Å². The molecule has 2 rings (SSSR count). The van der Waals surface area contributed by atoms with E-state index in [1.165, 1.54) is 22.0 Å². The Balaban J connectivity index is 2.19. The third-order valence-corrected chi connectivity index (χ3v) is 3.42. The Morgan fingerprint density at radius 1 is 1.56 bits per heavy atom. The van der Waals surface area contributed by atoms with E-state index in [1.54, 1.807) is 17.6 Å². The first-order valence-electron chi connectivity index (χ1n) is 5.23. The fourth-order valence-corrected chi connectivity index (χ4v) is 2.23. The maximum absolute atomic E-state index is 11.8. The summed E-state index contributed by atoms with van der Waals surface area (Å²) < 4.78 is 1.50.